The number of ether oxygens (including phenoxy) is 1. The van der Waals surface area contributed by atoms with Gasteiger partial charge in [-0.05, 0) is 25.0 Å². The van der Waals surface area contributed by atoms with Gasteiger partial charge in [-0.2, -0.15) is 11.8 Å². The maximum Gasteiger partial charge on any atom is 0.315 e. The number of thioether (sulfide) groups is 1. The number of carbonyl (C=O) groups excluding carboxylic acids is 1. The summed E-state index contributed by atoms with van der Waals surface area (Å²) in [4.78, 5) is 11.1. The molecule has 17 heavy (non-hydrogen) atoms. The zero-order chi connectivity index (χ0) is 13.1. The Morgan fingerprint density at radius 3 is 2.59 bits per heavy atom. The predicted octanol–water partition coefficient (Wildman–Crippen LogP) is 3.89. The van der Waals surface area contributed by atoms with E-state index in [4.69, 9.17) is 4.74 Å². The van der Waals surface area contributed by atoms with Crippen LogP contribution in [0.2, 0.25) is 0 Å². The Morgan fingerprint density at radius 2 is 2.00 bits per heavy atom. The van der Waals surface area contributed by atoms with Gasteiger partial charge in [0.25, 0.3) is 0 Å². The normalized spacial score (nSPS) is 11.5. The van der Waals surface area contributed by atoms with Crippen LogP contribution in [0.4, 0.5) is 8.78 Å². The van der Waals surface area contributed by atoms with E-state index in [0.717, 1.165) is 18.6 Å². The molecule has 0 saturated carbocycles. The van der Waals surface area contributed by atoms with Crippen LogP contribution in [0.1, 0.15) is 46.0 Å². The molecule has 0 aliphatic heterocycles. The van der Waals surface area contributed by atoms with Crippen LogP contribution in [0.3, 0.4) is 0 Å². The molecule has 0 aliphatic rings. The van der Waals surface area contributed by atoms with E-state index in [2.05, 4.69) is 0 Å². The second-order valence-corrected chi connectivity index (χ2v) is 5.04. The van der Waals surface area contributed by atoms with E-state index < -0.39 is 5.92 Å². The van der Waals surface area contributed by atoms with Gasteiger partial charge in [-0.1, -0.05) is 13.8 Å². The summed E-state index contributed by atoms with van der Waals surface area (Å²) in [7, 11) is 0. The van der Waals surface area contributed by atoms with E-state index >= 15 is 0 Å². The minimum absolute atomic E-state index is 0.0512. The minimum Gasteiger partial charge on any atom is -0.465 e. The molecule has 0 saturated heterocycles. The molecule has 0 atom stereocenters. The van der Waals surface area contributed by atoms with Crippen LogP contribution in [-0.2, 0) is 9.53 Å². The van der Waals surface area contributed by atoms with Crippen LogP contribution in [0.15, 0.2) is 0 Å². The molecule has 0 aromatic carbocycles. The summed E-state index contributed by atoms with van der Waals surface area (Å²) in [5, 5.41) is 0. The van der Waals surface area contributed by atoms with Gasteiger partial charge in [0.05, 0.1) is 12.4 Å². The van der Waals surface area contributed by atoms with Crippen molar-refractivity contribution in [2.75, 3.05) is 18.1 Å². The largest absolute Gasteiger partial charge is 0.465 e. The molecule has 5 heteroatoms. The van der Waals surface area contributed by atoms with E-state index in [0.29, 0.717) is 18.8 Å². The zero-order valence-corrected chi connectivity index (χ0v) is 11.5. The van der Waals surface area contributed by atoms with Crippen LogP contribution >= 0.6 is 11.8 Å². The lowest BCUT2D eigenvalue weighted by atomic mass is 10.1. The number of carbonyl (C=O) groups is 1. The first-order valence-corrected chi connectivity index (χ1v) is 7.28. The van der Waals surface area contributed by atoms with Gasteiger partial charge in [-0.25, -0.2) is 8.78 Å². The fourth-order valence-corrected chi connectivity index (χ4v) is 1.98. The highest BCUT2D eigenvalue weighted by molar-refractivity contribution is 7.99. The van der Waals surface area contributed by atoms with Gasteiger partial charge >= 0.3 is 5.97 Å². The minimum atomic E-state index is -2.52. The van der Waals surface area contributed by atoms with Gasteiger partial charge < -0.3 is 4.74 Å². The highest BCUT2D eigenvalue weighted by Gasteiger charge is 2.24. The van der Waals surface area contributed by atoms with E-state index in [9.17, 15) is 13.6 Å². The predicted molar refractivity (Wildman–Crippen MR) is 67.7 cm³/mol. The molecule has 0 aliphatic carbocycles. The molecular formula is C12H22F2O2S. The van der Waals surface area contributed by atoms with E-state index in [-0.39, 0.29) is 18.8 Å². The van der Waals surface area contributed by atoms with Crippen molar-refractivity contribution >= 4 is 17.7 Å². The molecule has 0 aromatic heterocycles. The van der Waals surface area contributed by atoms with Gasteiger partial charge in [-0.3, -0.25) is 4.79 Å². The molecular weight excluding hydrogens is 246 g/mol. The second kappa shape index (κ2) is 9.68. The van der Waals surface area contributed by atoms with Crippen molar-refractivity contribution in [3.8, 4) is 0 Å². The maximum atomic E-state index is 12.8. The first kappa shape index (κ1) is 16.7. The summed E-state index contributed by atoms with van der Waals surface area (Å²) in [5.74, 6) is -1.67. The van der Waals surface area contributed by atoms with Crippen molar-refractivity contribution in [1.29, 1.82) is 0 Å². The number of hydrogen-bond acceptors (Lipinski definition) is 3. The lowest BCUT2D eigenvalue weighted by Gasteiger charge is -2.12. The van der Waals surface area contributed by atoms with E-state index in [1.807, 2.05) is 6.92 Å². The molecule has 0 fully saturated rings. The SMILES string of the molecule is CCCOC(=O)CSCCCCC(F)(F)CC. The third-order valence-corrected chi connectivity index (χ3v) is 3.30. The van der Waals surface area contributed by atoms with Crippen molar-refractivity contribution in [3.63, 3.8) is 0 Å². The summed E-state index contributed by atoms with van der Waals surface area (Å²) in [6, 6.07) is 0. The van der Waals surface area contributed by atoms with Crippen LogP contribution in [-0.4, -0.2) is 30.0 Å². The third kappa shape index (κ3) is 10.5. The van der Waals surface area contributed by atoms with E-state index in [1.54, 1.807) is 0 Å². The number of alkyl halides is 2. The fraction of sp³-hybridized carbons (Fsp3) is 0.917. The summed E-state index contributed by atoms with van der Waals surface area (Å²) < 4.78 is 30.6. The molecule has 0 unspecified atom stereocenters. The number of unbranched alkanes of at least 4 members (excludes halogenated alkanes) is 1. The van der Waals surface area contributed by atoms with Crippen LogP contribution in [0.25, 0.3) is 0 Å². The molecule has 0 heterocycles. The van der Waals surface area contributed by atoms with Gasteiger partial charge in [0.1, 0.15) is 0 Å². The van der Waals surface area contributed by atoms with Crippen molar-refractivity contribution < 1.29 is 18.3 Å². The standard InChI is InChI=1S/C12H22F2O2S/c1-3-8-16-11(15)10-17-9-6-5-7-12(13,14)4-2/h3-10H2,1-2H3. The smallest absolute Gasteiger partial charge is 0.315 e. The number of halogens is 2. The van der Waals surface area contributed by atoms with Crippen LogP contribution in [0.5, 0.6) is 0 Å². The Bertz CT molecular complexity index is 211. The highest BCUT2D eigenvalue weighted by Crippen LogP contribution is 2.25. The highest BCUT2D eigenvalue weighted by atomic mass is 32.2. The lowest BCUT2D eigenvalue weighted by Crippen LogP contribution is -2.13. The van der Waals surface area contributed by atoms with Gasteiger partial charge in [-0.15, -0.1) is 0 Å². The number of esters is 1. The molecule has 0 radical (unpaired) electrons. The first-order chi connectivity index (χ1) is 8.02. The van der Waals surface area contributed by atoms with E-state index in [1.165, 1.54) is 18.7 Å². The van der Waals surface area contributed by atoms with Crippen molar-refractivity contribution in [3.05, 3.63) is 0 Å². The van der Waals surface area contributed by atoms with Crippen molar-refractivity contribution in [2.45, 2.75) is 51.9 Å². The molecule has 2 nitrogen and oxygen atoms in total. The summed E-state index contributed by atoms with van der Waals surface area (Å²) in [5.41, 5.74) is 0. The Labute approximate surface area is 106 Å². The fourth-order valence-electron chi connectivity index (χ4n) is 1.18. The molecule has 0 rings (SSSR count). The number of hydrogen-bond donors (Lipinski definition) is 0. The summed E-state index contributed by atoms with van der Waals surface area (Å²) >= 11 is 1.45. The Kier molecular flexibility index (Phi) is 9.50. The van der Waals surface area contributed by atoms with Crippen molar-refractivity contribution in [2.24, 2.45) is 0 Å². The zero-order valence-electron chi connectivity index (χ0n) is 10.6. The summed E-state index contributed by atoms with van der Waals surface area (Å²) in [6.07, 6.45) is 1.91. The Hall–Kier alpha value is -0.320. The van der Waals surface area contributed by atoms with Crippen LogP contribution < -0.4 is 0 Å². The second-order valence-electron chi connectivity index (χ2n) is 3.94. The van der Waals surface area contributed by atoms with Gasteiger partial charge in [0, 0.05) is 12.8 Å². The quantitative estimate of drug-likeness (QED) is 0.444. The first-order valence-electron chi connectivity index (χ1n) is 6.13. The monoisotopic (exact) mass is 268 g/mol. The number of rotatable bonds is 10. The average molecular weight is 268 g/mol. The molecule has 0 amide bonds. The van der Waals surface area contributed by atoms with Crippen LogP contribution in [0, 0.1) is 0 Å². The topological polar surface area (TPSA) is 26.3 Å². The molecule has 0 aromatic rings. The van der Waals surface area contributed by atoms with Gasteiger partial charge in [0.15, 0.2) is 0 Å². The van der Waals surface area contributed by atoms with Crippen molar-refractivity contribution in [1.82, 2.24) is 0 Å². The Balaban J connectivity index is 3.32. The lowest BCUT2D eigenvalue weighted by molar-refractivity contribution is -0.140. The Morgan fingerprint density at radius 1 is 1.29 bits per heavy atom. The van der Waals surface area contributed by atoms with Gasteiger partial charge in [0.2, 0.25) is 5.92 Å². The molecule has 0 spiro atoms. The average Bonchev–Trinajstić information content (AvgIpc) is 2.31. The molecule has 102 valence electrons. The maximum absolute atomic E-state index is 12.8. The molecule has 0 bridgehead atoms. The third-order valence-electron chi connectivity index (χ3n) is 2.29. The molecule has 0 N–H and O–H groups in total. The summed E-state index contributed by atoms with van der Waals surface area (Å²) in [6.45, 7) is 3.90.